The average molecular weight is 425 g/mol. The maximum atomic E-state index is 13.2. The largest absolute Gasteiger partial charge is 0.504 e. The second-order valence-corrected chi connectivity index (χ2v) is 6.40. The minimum Gasteiger partial charge on any atom is -0.504 e. The van der Waals surface area contributed by atoms with Gasteiger partial charge in [-0.15, -0.1) is 0 Å². The van der Waals surface area contributed by atoms with Gasteiger partial charge in [-0.3, -0.25) is 15.1 Å². The number of nitro benzene ring substituents is 1. The minimum absolute atomic E-state index is 0.0107. The van der Waals surface area contributed by atoms with E-state index in [9.17, 15) is 28.4 Å². The Bertz CT molecular complexity index is 973. The summed E-state index contributed by atoms with van der Waals surface area (Å²) in [6.07, 6.45) is -3.49. The summed E-state index contributed by atoms with van der Waals surface area (Å²) in [4.78, 5) is 16.4. The number of alkyl halides is 3. The fraction of sp³-hybridized carbons (Fsp3) is 0.316. The van der Waals surface area contributed by atoms with Crippen molar-refractivity contribution in [1.29, 1.82) is 0 Å². The molecule has 11 heteroatoms. The zero-order chi connectivity index (χ0) is 21.9. The molecule has 0 unspecified atom stereocenters. The standard InChI is InChI=1S/C19H18F3N3O5/c1-29-17-10-14(25(27)28)8-12(18(17)26)11-23-15-9-13(19(20,21)22)2-3-16(15)24-4-6-30-7-5-24/h2-3,8-11,26H,4-7H2,1H3. The Morgan fingerprint density at radius 3 is 2.57 bits per heavy atom. The fourth-order valence-electron chi connectivity index (χ4n) is 2.99. The van der Waals surface area contributed by atoms with E-state index in [4.69, 9.17) is 9.47 Å². The molecular formula is C19H18F3N3O5. The highest BCUT2D eigenvalue weighted by Gasteiger charge is 2.31. The van der Waals surface area contributed by atoms with Gasteiger partial charge in [-0.25, -0.2) is 0 Å². The van der Waals surface area contributed by atoms with Crippen molar-refractivity contribution in [2.75, 3.05) is 38.3 Å². The Labute approximate surface area is 169 Å². The summed E-state index contributed by atoms with van der Waals surface area (Å²) in [7, 11) is 1.23. The van der Waals surface area contributed by atoms with Gasteiger partial charge in [0, 0.05) is 30.9 Å². The highest BCUT2D eigenvalue weighted by Crippen LogP contribution is 2.38. The molecule has 0 amide bonds. The number of hydrogen-bond acceptors (Lipinski definition) is 7. The lowest BCUT2D eigenvalue weighted by molar-refractivity contribution is -0.385. The average Bonchev–Trinajstić information content (AvgIpc) is 2.72. The van der Waals surface area contributed by atoms with Gasteiger partial charge < -0.3 is 19.5 Å². The summed E-state index contributed by atoms with van der Waals surface area (Å²) in [5, 5.41) is 21.3. The van der Waals surface area contributed by atoms with Gasteiger partial charge in [0.2, 0.25) is 0 Å². The SMILES string of the molecule is COc1cc([N+](=O)[O-])cc(C=Nc2cc(C(F)(F)F)ccc2N2CCOCC2)c1O. The van der Waals surface area contributed by atoms with Gasteiger partial charge in [0.15, 0.2) is 11.5 Å². The number of rotatable bonds is 5. The number of nitrogens with zero attached hydrogens (tertiary/aromatic N) is 3. The number of morpholine rings is 1. The Balaban J connectivity index is 2.07. The normalized spacial score (nSPS) is 14.9. The van der Waals surface area contributed by atoms with Crippen molar-refractivity contribution in [1.82, 2.24) is 0 Å². The fourth-order valence-corrected chi connectivity index (χ4v) is 2.99. The number of non-ortho nitro benzene ring substituents is 1. The molecule has 1 fully saturated rings. The number of phenols is 1. The third-order valence-electron chi connectivity index (χ3n) is 4.52. The van der Waals surface area contributed by atoms with Crippen molar-refractivity contribution < 1.29 is 32.7 Å². The molecule has 1 aliphatic rings. The van der Waals surface area contributed by atoms with Crippen molar-refractivity contribution in [2.45, 2.75) is 6.18 Å². The third-order valence-corrected chi connectivity index (χ3v) is 4.52. The highest BCUT2D eigenvalue weighted by atomic mass is 19.4. The Kier molecular flexibility index (Phi) is 6.11. The van der Waals surface area contributed by atoms with Gasteiger partial charge in [0.1, 0.15) is 0 Å². The molecule has 8 nitrogen and oxygen atoms in total. The number of halogens is 3. The number of aliphatic imine (C=N–C) groups is 1. The minimum atomic E-state index is -4.56. The topological polar surface area (TPSA) is 97.4 Å². The number of hydrogen-bond donors (Lipinski definition) is 1. The molecule has 0 radical (unpaired) electrons. The number of benzene rings is 2. The molecule has 0 atom stereocenters. The molecule has 0 bridgehead atoms. The van der Waals surface area contributed by atoms with Crippen molar-refractivity contribution >= 4 is 23.3 Å². The number of methoxy groups -OCH3 is 1. The van der Waals surface area contributed by atoms with Gasteiger partial charge in [0.05, 0.1) is 48.3 Å². The number of anilines is 1. The molecule has 0 aliphatic carbocycles. The monoisotopic (exact) mass is 425 g/mol. The lowest BCUT2D eigenvalue weighted by Crippen LogP contribution is -2.36. The molecule has 0 spiro atoms. The molecule has 160 valence electrons. The van der Waals surface area contributed by atoms with Crippen LogP contribution in [0.4, 0.5) is 30.2 Å². The van der Waals surface area contributed by atoms with Crippen LogP contribution >= 0.6 is 0 Å². The van der Waals surface area contributed by atoms with Gasteiger partial charge in [-0.1, -0.05) is 0 Å². The van der Waals surface area contributed by atoms with E-state index in [0.29, 0.717) is 32.0 Å². The van der Waals surface area contributed by atoms with E-state index in [1.54, 1.807) is 0 Å². The van der Waals surface area contributed by atoms with Gasteiger partial charge in [-0.2, -0.15) is 13.2 Å². The van der Waals surface area contributed by atoms with E-state index >= 15 is 0 Å². The van der Waals surface area contributed by atoms with Gasteiger partial charge in [0.25, 0.3) is 5.69 Å². The molecule has 2 aromatic carbocycles. The summed E-state index contributed by atoms with van der Waals surface area (Å²) >= 11 is 0. The molecule has 0 saturated carbocycles. The maximum Gasteiger partial charge on any atom is 0.416 e. The van der Waals surface area contributed by atoms with E-state index in [0.717, 1.165) is 30.5 Å². The Hall–Kier alpha value is -3.34. The molecule has 0 aromatic heterocycles. The zero-order valence-electron chi connectivity index (χ0n) is 15.8. The molecule has 2 aromatic rings. The summed E-state index contributed by atoms with van der Waals surface area (Å²) in [5.41, 5.74) is -0.835. The van der Waals surface area contributed by atoms with Crippen LogP contribution in [-0.2, 0) is 10.9 Å². The first kappa shape index (κ1) is 21.4. The number of aromatic hydroxyl groups is 1. The van der Waals surface area contributed by atoms with Crippen LogP contribution < -0.4 is 9.64 Å². The van der Waals surface area contributed by atoms with E-state index in [1.165, 1.54) is 13.2 Å². The van der Waals surface area contributed by atoms with Crippen LogP contribution in [0.15, 0.2) is 35.3 Å². The van der Waals surface area contributed by atoms with Gasteiger partial charge >= 0.3 is 6.18 Å². The van der Waals surface area contributed by atoms with E-state index in [2.05, 4.69) is 4.99 Å². The lowest BCUT2D eigenvalue weighted by Gasteiger charge is -2.30. The molecule has 1 N–H and O–H groups in total. The molecule has 1 saturated heterocycles. The second kappa shape index (κ2) is 8.57. The predicted molar refractivity (Wildman–Crippen MR) is 103 cm³/mol. The van der Waals surface area contributed by atoms with Gasteiger partial charge in [-0.05, 0) is 18.2 Å². The molecule has 1 heterocycles. The zero-order valence-corrected chi connectivity index (χ0v) is 15.8. The predicted octanol–water partition coefficient (Wildman–Crippen LogP) is 3.92. The van der Waals surface area contributed by atoms with Crippen LogP contribution in [0, 0.1) is 10.1 Å². The van der Waals surface area contributed by atoms with Crippen LogP contribution in [0.3, 0.4) is 0 Å². The summed E-state index contributed by atoms with van der Waals surface area (Å²) < 4.78 is 49.8. The number of nitro groups is 1. The lowest BCUT2D eigenvalue weighted by atomic mass is 10.1. The van der Waals surface area contributed by atoms with Crippen molar-refractivity contribution in [3.8, 4) is 11.5 Å². The third kappa shape index (κ3) is 4.62. The summed E-state index contributed by atoms with van der Waals surface area (Å²) in [6, 6.07) is 5.29. The second-order valence-electron chi connectivity index (χ2n) is 6.40. The highest BCUT2D eigenvalue weighted by molar-refractivity contribution is 5.89. The van der Waals surface area contributed by atoms with Crippen LogP contribution in [0.2, 0.25) is 0 Å². The maximum absolute atomic E-state index is 13.2. The molecule has 3 rings (SSSR count). The Morgan fingerprint density at radius 2 is 1.97 bits per heavy atom. The van der Waals surface area contributed by atoms with Crippen LogP contribution in [0.1, 0.15) is 11.1 Å². The summed E-state index contributed by atoms with van der Waals surface area (Å²) in [6.45, 7) is 1.80. The van der Waals surface area contributed by atoms with E-state index in [-0.39, 0.29) is 22.7 Å². The molecule has 30 heavy (non-hydrogen) atoms. The first-order valence-electron chi connectivity index (χ1n) is 8.84. The van der Waals surface area contributed by atoms with Crippen molar-refractivity contribution in [2.24, 2.45) is 4.99 Å². The molecular weight excluding hydrogens is 407 g/mol. The first-order chi connectivity index (χ1) is 14.2. The van der Waals surface area contributed by atoms with Crippen molar-refractivity contribution in [3.63, 3.8) is 0 Å². The number of phenolic OH excluding ortho intramolecular Hbond substituents is 1. The Morgan fingerprint density at radius 1 is 1.27 bits per heavy atom. The number of ether oxygens (including phenoxy) is 2. The van der Waals surface area contributed by atoms with Crippen LogP contribution in [0.5, 0.6) is 11.5 Å². The van der Waals surface area contributed by atoms with E-state index < -0.39 is 22.4 Å². The molecule has 1 aliphatic heterocycles. The quantitative estimate of drug-likeness (QED) is 0.443. The summed E-state index contributed by atoms with van der Waals surface area (Å²) in [5.74, 6) is -0.560. The van der Waals surface area contributed by atoms with Crippen LogP contribution in [-0.4, -0.2) is 49.7 Å². The van der Waals surface area contributed by atoms with Crippen molar-refractivity contribution in [3.05, 3.63) is 51.6 Å². The van der Waals surface area contributed by atoms with E-state index in [1.807, 2.05) is 4.90 Å². The smallest absolute Gasteiger partial charge is 0.416 e. The van der Waals surface area contributed by atoms with Crippen LogP contribution in [0.25, 0.3) is 0 Å². The first-order valence-corrected chi connectivity index (χ1v) is 8.84.